The Bertz CT molecular complexity index is 887. The summed E-state index contributed by atoms with van der Waals surface area (Å²) in [5, 5.41) is 6.31. The van der Waals surface area contributed by atoms with E-state index in [1.807, 2.05) is 18.2 Å². The highest BCUT2D eigenvalue weighted by Crippen LogP contribution is 2.29. The van der Waals surface area contributed by atoms with Crippen LogP contribution in [0.4, 0.5) is 0 Å². The second-order valence-electron chi connectivity index (χ2n) is 6.79. The van der Waals surface area contributed by atoms with Crippen LogP contribution in [0, 0.1) is 6.92 Å². The Labute approximate surface area is 178 Å². The topological polar surface area (TPSA) is 17.0 Å². The van der Waals surface area contributed by atoms with Gasteiger partial charge >= 0.3 is 0 Å². The summed E-state index contributed by atoms with van der Waals surface area (Å²) in [7, 11) is 0. The van der Waals surface area contributed by atoms with Crippen LogP contribution in [0.2, 0.25) is 10.0 Å². The summed E-state index contributed by atoms with van der Waals surface area (Å²) in [6, 6.07) is 14.3. The van der Waals surface area contributed by atoms with Gasteiger partial charge in [0.25, 0.3) is 0 Å². The number of hydrogen-bond acceptors (Lipinski definition) is 1. The predicted octanol–water partition coefficient (Wildman–Crippen LogP) is 7.01. The van der Waals surface area contributed by atoms with Gasteiger partial charge in [0.2, 0.25) is 0 Å². The SMILES string of the molecule is CCCCCNCc1c(C)n(Cc2ccc(Cl)cc2Cl)c2ccccc12.Cl. The Morgan fingerprint density at radius 1 is 1.04 bits per heavy atom. The van der Waals surface area contributed by atoms with Gasteiger partial charge in [-0.3, -0.25) is 0 Å². The van der Waals surface area contributed by atoms with Crippen molar-refractivity contribution in [2.45, 2.75) is 46.2 Å². The molecule has 3 rings (SSSR count). The second-order valence-corrected chi connectivity index (χ2v) is 7.63. The third kappa shape index (κ3) is 5.20. The molecule has 146 valence electrons. The normalized spacial score (nSPS) is 11.0. The largest absolute Gasteiger partial charge is 0.340 e. The van der Waals surface area contributed by atoms with Crippen LogP contribution in [-0.4, -0.2) is 11.1 Å². The first-order chi connectivity index (χ1) is 12.6. The van der Waals surface area contributed by atoms with Gasteiger partial charge in [0, 0.05) is 39.7 Å². The lowest BCUT2D eigenvalue weighted by Crippen LogP contribution is -2.15. The molecule has 0 unspecified atom stereocenters. The predicted molar refractivity (Wildman–Crippen MR) is 121 cm³/mol. The molecule has 1 heterocycles. The molecular weight excluding hydrogens is 399 g/mol. The van der Waals surface area contributed by atoms with E-state index in [0.29, 0.717) is 10.0 Å². The molecule has 0 fully saturated rings. The number of nitrogens with zero attached hydrogens (tertiary/aromatic N) is 1. The minimum atomic E-state index is 0. The smallest absolute Gasteiger partial charge is 0.0493 e. The molecule has 1 aromatic heterocycles. The molecule has 1 N–H and O–H groups in total. The lowest BCUT2D eigenvalue weighted by atomic mass is 10.1. The van der Waals surface area contributed by atoms with Gasteiger partial charge in [-0.2, -0.15) is 0 Å². The average molecular weight is 426 g/mol. The van der Waals surface area contributed by atoms with Crippen molar-refractivity contribution >= 4 is 46.5 Å². The third-order valence-corrected chi connectivity index (χ3v) is 5.55. The minimum Gasteiger partial charge on any atom is -0.340 e. The van der Waals surface area contributed by atoms with Crippen molar-refractivity contribution in [3.63, 3.8) is 0 Å². The molecule has 2 aromatic carbocycles. The molecular formula is C22H27Cl3N2. The first-order valence-electron chi connectivity index (χ1n) is 9.33. The number of para-hydroxylation sites is 1. The number of nitrogens with one attached hydrogen (secondary N) is 1. The van der Waals surface area contributed by atoms with Crippen molar-refractivity contribution in [1.82, 2.24) is 9.88 Å². The number of unbranched alkanes of at least 4 members (excludes halogenated alkanes) is 2. The van der Waals surface area contributed by atoms with E-state index in [1.165, 1.54) is 41.4 Å². The fraction of sp³-hybridized carbons (Fsp3) is 0.364. The van der Waals surface area contributed by atoms with Crippen molar-refractivity contribution in [3.8, 4) is 0 Å². The number of rotatable bonds is 8. The van der Waals surface area contributed by atoms with E-state index in [4.69, 9.17) is 23.2 Å². The van der Waals surface area contributed by atoms with E-state index in [0.717, 1.165) is 25.2 Å². The van der Waals surface area contributed by atoms with Crippen LogP contribution in [0.1, 0.15) is 43.0 Å². The van der Waals surface area contributed by atoms with Crippen molar-refractivity contribution in [2.24, 2.45) is 0 Å². The van der Waals surface area contributed by atoms with Crippen LogP contribution < -0.4 is 5.32 Å². The summed E-state index contributed by atoms with van der Waals surface area (Å²) in [5.41, 5.74) is 5.01. The maximum atomic E-state index is 6.41. The van der Waals surface area contributed by atoms with Gasteiger partial charge in [-0.15, -0.1) is 12.4 Å². The first-order valence-corrected chi connectivity index (χ1v) is 10.1. The average Bonchev–Trinajstić information content (AvgIpc) is 2.89. The number of fused-ring (bicyclic) bond motifs is 1. The molecule has 0 aliphatic rings. The molecule has 5 heteroatoms. The Morgan fingerprint density at radius 3 is 2.56 bits per heavy atom. The van der Waals surface area contributed by atoms with Gasteiger partial charge < -0.3 is 9.88 Å². The number of benzene rings is 2. The summed E-state index contributed by atoms with van der Waals surface area (Å²) in [6.45, 7) is 7.15. The molecule has 0 atom stereocenters. The van der Waals surface area contributed by atoms with Crippen LogP contribution in [0.5, 0.6) is 0 Å². The summed E-state index contributed by atoms with van der Waals surface area (Å²) < 4.78 is 2.35. The van der Waals surface area contributed by atoms with E-state index < -0.39 is 0 Å². The van der Waals surface area contributed by atoms with Crippen molar-refractivity contribution in [2.75, 3.05) is 6.54 Å². The van der Waals surface area contributed by atoms with Crippen molar-refractivity contribution in [1.29, 1.82) is 0 Å². The Morgan fingerprint density at radius 2 is 1.81 bits per heavy atom. The van der Waals surface area contributed by atoms with Gasteiger partial charge in [0.1, 0.15) is 0 Å². The van der Waals surface area contributed by atoms with E-state index >= 15 is 0 Å². The summed E-state index contributed by atoms with van der Waals surface area (Å²) >= 11 is 12.5. The highest BCUT2D eigenvalue weighted by Gasteiger charge is 2.14. The quantitative estimate of drug-likeness (QED) is 0.384. The van der Waals surface area contributed by atoms with E-state index in [-0.39, 0.29) is 12.4 Å². The maximum absolute atomic E-state index is 6.41. The maximum Gasteiger partial charge on any atom is 0.0493 e. The zero-order valence-electron chi connectivity index (χ0n) is 15.9. The van der Waals surface area contributed by atoms with Gasteiger partial charge in [-0.1, -0.05) is 67.2 Å². The fourth-order valence-electron chi connectivity index (χ4n) is 3.46. The van der Waals surface area contributed by atoms with Crippen LogP contribution in [-0.2, 0) is 13.1 Å². The third-order valence-electron chi connectivity index (χ3n) is 4.96. The summed E-state index contributed by atoms with van der Waals surface area (Å²) in [4.78, 5) is 0. The molecule has 0 saturated heterocycles. The zero-order valence-corrected chi connectivity index (χ0v) is 18.2. The van der Waals surface area contributed by atoms with Gasteiger partial charge in [-0.25, -0.2) is 0 Å². The standard InChI is InChI=1S/C22H26Cl2N2.ClH/c1-3-4-7-12-25-14-20-16(2)26(22-9-6-5-8-19(20)22)15-17-10-11-18(23)13-21(17)24;/h5-6,8-11,13,25H,3-4,7,12,14-15H2,1-2H3;1H. The molecule has 0 radical (unpaired) electrons. The van der Waals surface area contributed by atoms with Crippen molar-refractivity contribution < 1.29 is 0 Å². The summed E-state index contributed by atoms with van der Waals surface area (Å²) in [6.07, 6.45) is 3.76. The van der Waals surface area contributed by atoms with Crippen LogP contribution in [0.3, 0.4) is 0 Å². The Balaban J connectivity index is 0.00000261. The molecule has 27 heavy (non-hydrogen) atoms. The highest BCUT2D eigenvalue weighted by atomic mass is 35.5. The highest BCUT2D eigenvalue weighted by molar-refractivity contribution is 6.35. The summed E-state index contributed by atoms with van der Waals surface area (Å²) in [5.74, 6) is 0. The van der Waals surface area contributed by atoms with Crippen molar-refractivity contribution in [3.05, 3.63) is 69.3 Å². The fourth-order valence-corrected chi connectivity index (χ4v) is 3.93. The lowest BCUT2D eigenvalue weighted by molar-refractivity contribution is 0.615. The van der Waals surface area contributed by atoms with Gasteiger partial charge in [0.15, 0.2) is 0 Å². The van der Waals surface area contributed by atoms with E-state index in [2.05, 4.69) is 48.0 Å². The number of halogens is 3. The lowest BCUT2D eigenvalue weighted by Gasteiger charge is -2.11. The van der Waals surface area contributed by atoms with Crippen LogP contribution >= 0.6 is 35.6 Å². The van der Waals surface area contributed by atoms with E-state index in [9.17, 15) is 0 Å². The molecule has 0 spiro atoms. The first kappa shape index (κ1) is 22.1. The van der Waals surface area contributed by atoms with Crippen LogP contribution in [0.25, 0.3) is 10.9 Å². The van der Waals surface area contributed by atoms with Gasteiger partial charge in [0.05, 0.1) is 0 Å². The number of hydrogen-bond donors (Lipinski definition) is 1. The minimum absolute atomic E-state index is 0. The molecule has 0 aliphatic carbocycles. The second kappa shape index (κ2) is 10.4. The monoisotopic (exact) mass is 424 g/mol. The van der Waals surface area contributed by atoms with Crippen LogP contribution in [0.15, 0.2) is 42.5 Å². The molecule has 3 aromatic rings. The van der Waals surface area contributed by atoms with E-state index in [1.54, 1.807) is 0 Å². The zero-order chi connectivity index (χ0) is 18.5. The Hall–Kier alpha value is -1.19. The Kier molecular flexibility index (Phi) is 8.50. The number of aromatic nitrogens is 1. The molecule has 0 amide bonds. The molecule has 2 nitrogen and oxygen atoms in total. The molecule has 0 aliphatic heterocycles. The molecule has 0 bridgehead atoms. The molecule has 0 saturated carbocycles. The van der Waals surface area contributed by atoms with Gasteiger partial charge in [-0.05, 0) is 49.2 Å².